The van der Waals surface area contributed by atoms with E-state index < -0.39 is 0 Å². The van der Waals surface area contributed by atoms with Crippen LogP contribution in [0.2, 0.25) is 0 Å². The summed E-state index contributed by atoms with van der Waals surface area (Å²) in [5, 5.41) is 0. The number of imidazole rings is 1. The molecule has 5 heteroatoms. The highest BCUT2D eigenvalue weighted by atomic mass is 79.9. The topological polar surface area (TPSA) is 17.8 Å². The molecule has 0 aliphatic heterocycles. The summed E-state index contributed by atoms with van der Waals surface area (Å²) >= 11 is 11.4. The Labute approximate surface area is 125 Å². The third kappa shape index (κ3) is 2.86. The molecule has 0 aliphatic carbocycles. The number of thioether (sulfide) groups is 1. The second-order valence-electron chi connectivity index (χ2n) is 4.30. The van der Waals surface area contributed by atoms with E-state index in [1.807, 2.05) is 17.8 Å². The molecule has 0 saturated carbocycles. The number of alkyl halides is 1. The number of aromatic nitrogens is 2. The van der Waals surface area contributed by atoms with Crippen LogP contribution in [0.3, 0.4) is 0 Å². The number of benzene rings is 1. The average molecular weight is 348 g/mol. The molecule has 0 aliphatic rings. The summed E-state index contributed by atoms with van der Waals surface area (Å²) in [6, 6.07) is 6.64. The fraction of sp³-hybridized carbons (Fsp3) is 0.462. The van der Waals surface area contributed by atoms with Crippen LogP contribution in [-0.4, -0.2) is 21.6 Å². The van der Waals surface area contributed by atoms with Crippen molar-refractivity contribution in [1.82, 2.24) is 9.55 Å². The second-order valence-corrected chi connectivity index (χ2v) is 6.46. The molecule has 2 nitrogen and oxygen atoms in total. The summed E-state index contributed by atoms with van der Waals surface area (Å²) in [6.07, 6.45) is 3.27. The molecular weight excluding hydrogens is 332 g/mol. The van der Waals surface area contributed by atoms with Gasteiger partial charge in [-0.05, 0) is 43.6 Å². The van der Waals surface area contributed by atoms with Crippen LogP contribution in [0.1, 0.15) is 25.2 Å². The van der Waals surface area contributed by atoms with Gasteiger partial charge in [-0.25, -0.2) is 4.98 Å². The highest BCUT2D eigenvalue weighted by Gasteiger charge is 2.15. The van der Waals surface area contributed by atoms with Gasteiger partial charge in [0.05, 0.1) is 16.9 Å². The van der Waals surface area contributed by atoms with Crippen LogP contribution in [0.4, 0.5) is 0 Å². The Bertz CT molecular complexity index is 541. The molecule has 0 fully saturated rings. The van der Waals surface area contributed by atoms with Gasteiger partial charge >= 0.3 is 0 Å². The minimum absolute atomic E-state index is 0.428. The first-order valence-corrected chi connectivity index (χ1v) is 8.60. The van der Waals surface area contributed by atoms with E-state index in [1.54, 1.807) is 0 Å². The molecule has 0 amide bonds. The summed E-state index contributed by atoms with van der Waals surface area (Å²) in [5.41, 5.74) is 2.18. The van der Waals surface area contributed by atoms with Crippen LogP contribution in [-0.2, 0) is 5.88 Å². The van der Waals surface area contributed by atoms with E-state index in [9.17, 15) is 0 Å². The predicted molar refractivity (Wildman–Crippen MR) is 84.7 cm³/mol. The van der Waals surface area contributed by atoms with E-state index in [2.05, 4.69) is 50.8 Å². The zero-order valence-electron chi connectivity index (χ0n) is 10.5. The quantitative estimate of drug-likeness (QED) is 0.719. The Morgan fingerprint density at radius 1 is 1.50 bits per heavy atom. The molecular formula is C13H16BrClN2S. The van der Waals surface area contributed by atoms with Gasteiger partial charge in [-0.2, -0.15) is 11.8 Å². The van der Waals surface area contributed by atoms with Crippen molar-refractivity contribution in [3.05, 3.63) is 28.5 Å². The maximum Gasteiger partial charge on any atom is 0.125 e. The Morgan fingerprint density at radius 2 is 2.28 bits per heavy atom. The minimum Gasteiger partial charge on any atom is -0.324 e. The standard InChI is InChI=1S/C13H16BrClN2S/c1-9(5-6-18-2)17-12-4-3-10(14)7-11(12)16-13(17)8-15/h3-4,7,9H,5-6,8H2,1-2H3. The summed E-state index contributed by atoms with van der Waals surface area (Å²) < 4.78 is 3.32. The van der Waals surface area contributed by atoms with E-state index >= 15 is 0 Å². The third-order valence-electron chi connectivity index (χ3n) is 3.02. The highest BCUT2D eigenvalue weighted by molar-refractivity contribution is 9.10. The first-order valence-electron chi connectivity index (χ1n) is 5.88. The predicted octanol–water partition coefficient (Wildman–Crippen LogP) is 4.85. The molecule has 18 heavy (non-hydrogen) atoms. The second kappa shape index (κ2) is 6.31. The van der Waals surface area contributed by atoms with E-state index in [0.717, 1.165) is 28.0 Å². The fourth-order valence-corrected chi connectivity index (χ4v) is 3.24. The number of nitrogens with zero attached hydrogens (tertiary/aromatic N) is 2. The zero-order chi connectivity index (χ0) is 13.1. The van der Waals surface area contributed by atoms with Crippen molar-refractivity contribution < 1.29 is 0 Å². The lowest BCUT2D eigenvalue weighted by molar-refractivity contribution is 0.534. The number of fused-ring (bicyclic) bond motifs is 1. The largest absolute Gasteiger partial charge is 0.324 e. The number of halogens is 2. The molecule has 0 saturated heterocycles. The van der Waals surface area contributed by atoms with Gasteiger partial charge in [-0.3, -0.25) is 0 Å². The van der Waals surface area contributed by atoms with Crippen LogP contribution in [0.15, 0.2) is 22.7 Å². The first-order chi connectivity index (χ1) is 8.67. The molecule has 0 radical (unpaired) electrons. The van der Waals surface area contributed by atoms with Crippen LogP contribution in [0, 0.1) is 0 Å². The maximum atomic E-state index is 6.02. The molecule has 0 spiro atoms. The van der Waals surface area contributed by atoms with Crippen LogP contribution in [0.25, 0.3) is 11.0 Å². The van der Waals surface area contributed by atoms with Gasteiger partial charge < -0.3 is 4.57 Å². The molecule has 1 unspecified atom stereocenters. The molecule has 1 atom stereocenters. The molecule has 2 aromatic rings. The van der Waals surface area contributed by atoms with Crippen LogP contribution < -0.4 is 0 Å². The Kier molecular flexibility index (Phi) is 4.98. The van der Waals surface area contributed by atoms with Crippen molar-refractivity contribution in [2.24, 2.45) is 0 Å². The lowest BCUT2D eigenvalue weighted by Gasteiger charge is -2.16. The Balaban J connectivity index is 2.46. The molecule has 0 bridgehead atoms. The third-order valence-corrected chi connectivity index (χ3v) is 4.40. The molecule has 0 N–H and O–H groups in total. The summed E-state index contributed by atoms with van der Waals surface area (Å²) in [6.45, 7) is 2.23. The molecule has 1 aromatic carbocycles. The highest BCUT2D eigenvalue weighted by Crippen LogP contribution is 2.27. The minimum atomic E-state index is 0.428. The van der Waals surface area contributed by atoms with E-state index in [1.165, 1.54) is 5.52 Å². The van der Waals surface area contributed by atoms with Crippen molar-refractivity contribution in [3.8, 4) is 0 Å². The average Bonchev–Trinajstić information content (AvgIpc) is 2.73. The van der Waals surface area contributed by atoms with Crippen molar-refractivity contribution in [3.63, 3.8) is 0 Å². The van der Waals surface area contributed by atoms with E-state index in [-0.39, 0.29) is 0 Å². The van der Waals surface area contributed by atoms with Gasteiger partial charge in [0.25, 0.3) is 0 Å². The van der Waals surface area contributed by atoms with E-state index in [4.69, 9.17) is 11.6 Å². The van der Waals surface area contributed by atoms with Gasteiger partial charge in [0.2, 0.25) is 0 Å². The van der Waals surface area contributed by atoms with Crippen molar-refractivity contribution in [2.45, 2.75) is 25.3 Å². The SMILES string of the molecule is CSCCC(C)n1c(CCl)nc2cc(Br)ccc21. The van der Waals surface area contributed by atoms with Gasteiger partial charge in [-0.1, -0.05) is 15.9 Å². The maximum absolute atomic E-state index is 6.02. The molecule has 98 valence electrons. The Hall–Kier alpha value is -0.190. The monoisotopic (exact) mass is 346 g/mol. The number of hydrogen-bond donors (Lipinski definition) is 0. The lowest BCUT2D eigenvalue weighted by atomic mass is 10.2. The Morgan fingerprint density at radius 3 is 2.94 bits per heavy atom. The first kappa shape index (κ1) is 14.2. The smallest absolute Gasteiger partial charge is 0.125 e. The van der Waals surface area contributed by atoms with Crippen LogP contribution in [0.5, 0.6) is 0 Å². The number of rotatable bonds is 5. The molecule has 1 aromatic heterocycles. The summed E-state index contributed by atoms with van der Waals surface area (Å²) in [7, 11) is 0. The van der Waals surface area contributed by atoms with Crippen molar-refractivity contribution in [2.75, 3.05) is 12.0 Å². The normalized spacial score (nSPS) is 13.1. The van der Waals surface area contributed by atoms with Gasteiger partial charge in [-0.15, -0.1) is 11.6 Å². The van der Waals surface area contributed by atoms with Gasteiger partial charge in [0.15, 0.2) is 0 Å². The summed E-state index contributed by atoms with van der Waals surface area (Å²) in [4.78, 5) is 4.62. The van der Waals surface area contributed by atoms with Crippen LogP contribution >= 0.6 is 39.3 Å². The molecule has 1 heterocycles. The lowest BCUT2D eigenvalue weighted by Crippen LogP contribution is -2.09. The molecule has 2 rings (SSSR count). The van der Waals surface area contributed by atoms with E-state index in [0.29, 0.717) is 11.9 Å². The van der Waals surface area contributed by atoms with Gasteiger partial charge in [0.1, 0.15) is 5.82 Å². The summed E-state index contributed by atoms with van der Waals surface area (Å²) in [5.74, 6) is 2.56. The number of hydrogen-bond acceptors (Lipinski definition) is 2. The fourth-order valence-electron chi connectivity index (χ4n) is 2.13. The van der Waals surface area contributed by atoms with Crippen molar-refractivity contribution in [1.29, 1.82) is 0 Å². The zero-order valence-corrected chi connectivity index (χ0v) is 13.6. The van der Waals surface area contributed by atoms with Crippen molar-refractivity contribution >= 4 is 50.3 Å². The van der Waals surface area contributed by atoms with Gasteiger partial charge in [0, 0.05) is 10.5 Å².